The lowest BCUT2D eigenvalue weighted by Crippen LogP contribution is -2.49. The highest BCUT2D eigenvalue weighted by atomic mass is 16.5. The Morgan fingerprint density at radius 2 is 1.19 bits per heavy atom. The lowest BCUT2D eigenvalue weighted by atomic mass is 10.1. The molecule has 1 fully saturated rings. The van der Waals surface area contributed by atoms with Gasteiger partial charge in [-0.3, -0.25) is 38.8 Å². The van der Waals surface area contributed by atoms with E-state index in [4.69, 9.17) is 9.84 Å². The van der Waals surface area contributed by atoms with Crippen LogP contribution < -0.4 is 10.6 Å². The number of carbonyl (C=O) groups excluding carboxylic acids is 3. The molecule has 0 aromatic heterocycles. The number of nitrogens with zero attached hydrogens (tertiary/aromatic N) is 4. The monoisotopic (exact) mass is 618 g/mol. The summed E-state index contributed by atoms with van der Waals surface area (Å²) in [6.45, 7) is 9.13. The topological polar surface area (TPSA) is 192 Å². The summed E-state index contributed by atoms with van der Waals surface area (Å²) in [4.78, 5) is 65.6. The quantitative estimate of drug-likeness (QED) is 0.0860. The number of aldehydes is 1. The fourth-order valence-electron chi connectivity index (χ4n) is 4.34. The first-order valence-corrected chi connectivity index (χ1v) is 14.9. The molecule has 0 spiro atoms. The number of aliphatic carboxylic acids is 2. The van der Waals surface area contributed by atoms with Gasteiger partial charge in [0.15, 0.2) is 0 Å². The minimum Gasteiger partial charge on any atom is -0.480 e. The van der Waals surface area contributed by atoms with Crippen molar-refractivity contribution in [2.45, 2.75) is 33.1 Å². The molecular formula is C28H54N6O9. The maximum absolute atomic E-state index is 12.6. The Labute approximate surface area is 255 Å². The second-order valence-corrected chi connectivity index (χ2v) is 10.7. The van der Waals surface area contributed by atoms with Crippen molar-refractivity contribution >= 4 is 30.0 Å². The van der Waals surface area contributed by atoms with Crippen LogP contribution >= 0.6 is 0 Å². The molecule has 1 aliphatic rings. The predicted molar refractivity (Wildman–Crippen MR) is 161 cm³/mol. The number of aliphatic hydroxyl groups is 1. The van der Waals surface area contributed by atoms with Gasteiger partial charge in [0.2, 0.25) is 11.8 Å². The molecule has 1 saturated heterocycles. The lowest BCUT2D eigenvalue weighted by molar-refractivity contribution is -0.140. The second kappa shape index (κ2) is 25.8. The average molecular weight is 619 g/mol. The Hall–Kier alpha value is -2.69. The van der Waals surface area contributed by atoms with Crippen LogP contribution in [0, 0.1) is 5.92 Å². The van der Waals surface area contributed by atoms with E-state index in [0.29, 0.717) is 71.4 Å². The maximum atomic E-state index is 12.6. The van der Waals surface area contributed by atoms with E-state index in [1.165, 1.54) is 0 Å². The molecule has 0 bridgehead atoms. The number of carboxylic acids is 2. The fraction of sp³-hybridized carbons (Fsp3) is 0.821. The molecule has 0 radical (unpaired) electrons. The molecule has 1 rings (SSSR count). The molecule has 5 N–H and O–H groups in total. The van der Waals surface area contributed by atoms with Gasteiger partial charge >= 0.3 is 11.9 Å². The predicted octanol–water partition coefficient (Wildman–Crippen LogP) is -1.74. The highest BCUT2D eigenvalue weighted by molar-refractivity contribution is 5.78. The Bertz CT molecular complexity index is 803. The van der Waals surface area contributed by atoms with Crippen LogP contribution in [0.15, 0.2) is 0 Å². The molecule has 0 unspecified atom stereocenters. The lowest BCUT2D eigenvalue weighted by Gasteiger charge is -2.32. The fourth-order valence-corrected chi connectivity index (χ4v) is 4.34. The first-order chi connectivity index (χ1) is 20.6. The number of rotatable bonds is 18. The van der Waals surface area contributed by atoms with E-state index in [0.717, 1.165) is 26.2 Å². The van der Waals surface area contributed by atoms with Crippen molar-refractivity contribution in [3.63, 3.8) is 0 Å². The third-order valence-corrected chi connectivity index (χ3v) is 6.67. The molecule has 15 heteroatoms. The normalized spacial score (nSPS) is 16.3. The zero-order valence-corrected chi connectivity index (χ0v) is 26.2. The summed E-state index contributed by atoms with van der Waals surface area (Å²) in [6, 6.07) is 0. The van der Waals surface area contributed by atoms with E-state index in [2.05, 4.69) is 24.5 Å². The molecule has 0 saturated carbocycles. The number of nitrogens with one attached hydrogen (secondary N) is 2. The molecule has 1 heterocycles. The van der Waals surface area contributed by atoms with E-state index >= 15 is 0 Å². The van der Waals surface area contributed by atoms with E-state index in [1.54, 1.807) is 9.80 Å². The van der Waals surface area contributed by atoms with Gasteiger partial charge in [0.25, 0.3) is 0 Å². The number of aliphatic hydroxyl groups excluding tert-OH is 1. The summed E-state index contributed by atoms with van der Waals surface area (Å²) in [5.74, 6) is -1.60. The van der Waals surface area contributed by atoms with Gasteiger partial charge in [-0.25, -0.2) is 0 Å². The number of ether oxygens (including phenoxy) is 1. The van der Waals surface area contributed by atoms with Crippen molar-refractivity contribution < 1.29 is 44.0 Å². The van der Waals surface area contributed by atoms with Gasteiger partial charge in [-0.2, -0.15) is 0 Å². The van der Waals surface area contributed by atoms with Crippen molar-refractivity contribution in [2.75, 3.05) is 112 Å². The van der Waals surface area contributed by atoms with Crippen molar-refractivity contribution in [2.24, 2.45) is 5.92 Å². The zero-order valence-electron chi connectivity index (χ0n) is 26.2. The first-order valence-electron chi connectivity index (χ1n) is 14.9. The van der Waals surface area contributed by atoms with Crippen LogP contribution in [0.4, 0.5) is 0 Å². The molecular weight excluding hydrogens is 564 g/mol. The standard InChI is InChI=1S/C27H50N6O8.CH4O/c1-23(2)4-3-6-28-24(35)5-18-41-19-7-29-25(36)20-31-10-8-30(16-17-34)9-11-32(21-26(37)38)14-15-33(13-12-31)22-27(39)40;1-2/h17,23H,3-16,18-22H2,1-2H3,(H,28,35)(H,29,36)(H,37,38)(H,39,40);2H,1H3. The SMILES string of the molecule is CC(C)CCCNC(=O)CCOCCNC(=O)CN1CCN(CC=O)CCN(CC(=O)O)CCN(CC(=O)O)CC1.CO. The van der Waals surface area contributed by atoms with Crippen LogP contribution in [-0.2, 0) is 28.7 Å². The summed E-state index contributed by atoms with van der Waals surface area (Å²) < 4.78 is 5.47. The van der Waals surface area contributed by atoms with E-state index < -0.39 is 11.9 Å². The highest BCUT2D eigenvalue weighted by Gasteiger charge is 2.20. The van der Waals surface area contributed by atoms with Gasteiger partial charge in [0, 0.05) is 79.0 Å². The van der Waals surface area contributed by atoms with Crippen LogP contribution in [0.25, 0.3) is 0 Å². The summed E-state index contributed by atoms with van der Waals surface area (Å²) in [5, 5.41) is 31.3. The third kappa shape index (κ3) is 23.4. The number of hydrogen-bond acceptors (Lipinski definition) is 11. The molecule has 0 atom stereocenters. The van der Waals surface area contributed by atoms with Crippen molar-refractivity contribution in [3.05, 3.63) is 0 Å². The molecule has 15 nitrogen and oxygen atoms in total. The molecule has 0 aromatic rings. The van der Waals surface area contributed by atoms with Gasteiger partial charge in [-0.05, 0) is 18.8 Å². The summed E-state index contributed by atoms with van der Waals surface area (Å²) >= 11 is 0. The minimum absolute atomic E-state index is 0.0525. The molecule has 250 valence electrons. The van der Waals surface area contributed by atoms with Gasteiger partial charge in [-0.15, -0.1) is 0 Å². The average Bonchev–Trinajstić information content (AvgIpc) is 2.94. The molecule has 1 aliphatic heterocycles. The Kier molecular flexibility index (Phi) is 24.2. The molecule has 2 amide bonds. The van der Waals surface area contributed by atoms with E-state index in [1.807, 2.05) is 9.80 Å². The molecule has 0 aliphatic carbocycles. The minimum atomic E-state index is -0.980. The second-order valence-electron chi connectivity index (χ2n) is 10.7. The summed E-state index contributed by atoms with van der Waals surface area (Å²) in [6.07, 6.45) is 3.08. The van der Waals surface area contributed by atoms with E-state index in [9.17, 15) is 34.2 Å². The number of carbonyl (C=O) groups is 5. The van der Waals surface area contributed by atoms with Crippen molar-refractivity contribution in [1.29, 1.82) is 0 Å². The Morgan fingerprint density at radius 1 is 0.721 bits per heavy atom. The van der Waals surface area contributed by atoms with Crippen LogP contribution in [0.3, 0.4) is 0 Å². The van der Waals surface area contributed by atoms with Gasteiger partial charge in [-0.1, -0.05) is 13.8 Å². The third-order valence-electron chi connectivity index (χ3n) is 6.67. The van der Waals surface area contributed by atoms with Gasteiger partial charge in [0.1, 0.15) is 6.29 Å². The smallest absolute Gasteiger partial charge is 0.317 e. The van der Waals surface area contributed by atoms with Gasteiger partial charge < -0.3 is 35.5 Å². The first kappa shape index (κ1) is 40.3. The van der Waals surface area contributed by atoms with Crippen LogP contribution in [0.5, 0.6) is 0 Å². The summed E-state index contributed by atoms with van der Waals surface area (Å²) in [5.41, 5.74) is 0. The van der Waals surface area contributed by atoms with Crippen molar-refractivity contribution in [1.82, 2.24) is 30.2 Å². The summed E-state index contributed by atoms with van der Waals surface area (Å²) in [7, 11) is 1.00. The van der Waals surface area contributed by atoms with Crippen LogP contribution in [0.2, 0.25) is 0 Å². The Morgan fingerprint density at radius 3 is 1.65 bits per heavy atom. The molecule has 0 aromatic carbocycles. The highest BCUT2D eigenvalue weighted by Crippen LogP contribution is 2.02. The number of hydrogen-bond donors (Lipinski definition) is 5. The van der Waals surface area contributed by atoms with Crippen LogP contribution in [-0.4, -0.2) is 177 Å². The van der Waals surface area contributed by atoms with Gasteiger partial charge in [0.05, 0.1) is 39.4 Å². The number of carboxylic acid groups (broad SMARTS) is 2. The van der Waals surface area contributed by atoms with Crippen LogP contribution in [0.1, 0.15) is 33.1 Å². The largest absolute Gasteiger partial charge is 0.480 e. The Balaban J connectivity index is 0.00000862. The zero-order chi connectivity index (χ0) is 32.5. The van der Waals surface area contributed by atoms with Crippen molar-refractivity contribution in [3.8, 4) is 0 Å². The van der Waals surface area contributed by atoms with E-state index in [-0.39, 0.29) is 57.6 Å². The maximum Gasteiger partial charge on any atom is 0.317 e. The number of amides is 2. The molecule has 43 heavy (non-hydrogen) atoms.